The van der Waals surface area contributed by atoms with E-state index in [2.05, 4.69) is 4.74 Å². The smallest absolute Gasteiger partial charge is 0.432 e. The molecule has 0 aromatic heterocycles. The van der Waals surface area contributed by atoms with Crippen LogP contribution in [-0.2, 0) is 29.2 Å². The maximum Gasteiger partial charge on any atom is 0.432 e. The minimum atomic E-state index is -6.85. The summed E-state index contributed by atoms with van der Waals surface area (Å²) in [5.74, 6) is -3.99. The van der Waals surface area contributed by atoms with Crippen LogP contribution in [0.1, 0.15) is 33.6 Å². The van der Waals surface area contributed by atoms with E-state index in [4.69, 9.17) is 0 Å². The summed E-state index contributed by atoms with van der Waals surface area (Å²) in [6.45, 7) is 4.00. The van der Waals surface area contributed by atoms with E-state index in [-0.39, 0.29) is 0 Å². The maximum atomic E-state index is 13.4. The van der Waals surface area contributed by atoms with Crippen molar-refractivity contribution in [3.05, 3.63) is 0 Å². The Hall–Kier alpha value is -1.83. The van der Waals surface area contributed by atoms with E-state index < -0.39 is 69.7 Å². The Morgan fingerprint density at radius 1 is 1.19 bits per heavy atom. The van der Waals surface area contributed by atoms with Gasteiger partial charge in [-0.05, 0) is 6.42 Å². The summed E-state index contributed by atoms with van der Waals surface area (Å²) in [4.78, 5) is 36.3. The van der Waals surface area contributed by atoms with Crippen molar-refractivity contribution < 1.29 is 54.0 Å². The van der Waals surface area contributed by atoms with Gasteiger partial charge in [-0.1, -0.05) is 20.8 Å². The number of nitrogens with zero attached hydrogens (tertiary/aromatic N) is 1. The third-order valence-electron chi connectivity index (χ3n) is 3.51. The summed E-state index contributed by atoms with van der Waals surface area (Å²) in [6, 6.07) is -1.96. The molecule has 8 nitrogen and oxygen atoms in total. The molecule has 2 unspecified atom stereocenters. The SMILES string of the molecule is CC(C)(C)C(=O)N1C(=O)CCC1C(=O)OC(C(F)(F)F)C(F)(F)S(=O)(=O)[O-]. The summed E-state index contributed by atoms with van der Waals surface area (Å²) in [5, 5.41) is -6.01. The topological polar surface area (TPSA) is 121 Å². The molecule has 0 bridgehead atoms. The van der Waals surface area contributed by atoms with Gasteiger partial charge in [0, 0.05) is 11.8 Å². The number of ether oxygens (including phenoxy) is 1. The summed E-state index contributed by atoms with van der Waals surface area (Å²) >= 11 is 0. The van der Waals surface area contributed by atoms with Crippen LogP contribution in [0.3, 0.4) is 0 Å². The van der Waals surface area contributed by atoms with Crippen LogP contribution in [0, 0.1) is 5.41 Å². The lowest BCUT2D eigenvalue weighted by Gasteiger charge is -2.32. The second-order valence-electron chi connectivity index (χ2n) is 6.75. The van der Waals surface area contributed by atoms with Gasteiger partial charge in [-0.15, -0.1) is 0 Å². The minimum Gasteiger partial charge on any atom is -0.743 e. The Kier molecular flexibility index (Phi) is 5.99. The monoisotopic (exact) mass is 424 g/mol. The molecular formula is C13H15F5NO7S-. The number of hydrogen-bond acceptors (Lipinski definition) is 7. The molecule has 1 rings (SSSR count). The zero-order chi connectivity index (χ0) is 21.6. The molecule has 1 saturated heterocycles. The Morgan fingerprint density at radius 3 is 2.04 bits per heavy atom. The molecule has 1 aliphatic rings. The molecule has 1 aliphatic heterocycles. The standard InChI is InChI=1S/C13H16F5NO7S/c1-11(2,3)10(22)19-6(4-5-7(19)20)8(21)26-9(12(14,15)16)13(17,18)27(23,24)25/h6,9H,4-5H2,1-3H3,(H,23,24,25)/p-1. The number of rotatable bonds is 4. The van der Waals surface area contributed by atoms with Crippen molar-refractivity contribution >= 4 is 27.9 Å². The molecule has 0 aromatic rings. The Bertz CT molecular complexity index is 741. The first-order valence-corrected chi connectivity index (χ1v) is 8.69. The van der Waals surface area contributed by atoms with Crippen LogP contribution in [0.5, 0.6) is 0 Å². The van der Waals surface area contributed by atoms with Gasteiger partial charge in [0.1, 0.15) is 6.04 Å². The molecule has 0 N–H and O–H groups in total. The number of halogens is 5. The highest BCUT2D eigenvalue weighted by molar-refractivity contribution is 7.86. The second kappa shape index (κ2) is 6.96. The van der Waals surface area contributed by atoms with Crippen LogP contribution in [0.25, 0.3) is 0 Å². The molecule has 156 valence electrons. The third kappa shape index (κ3) is 4.72. The molecule has 1 heterocycles. The van der Waals surface area contributed by atoms with Crippen molar-refractivity contribution in [2.75, 3.05) is 0 Å². The van der Waals surface area contributed by atoms with E-state index in [9.17, 15) is 49.3 Å². The van der Waals surface area contributed by atoms with Crippen molar-refractivity contribution in [2.45, 2.75) is 57.2 Å². The van der Waals surface area contributed by atoms with Crippen LogP contribution >= 0.6 is 0 Å². The highest BCUT2D eigenvalue weighted by atomic mass is 32.2. The first kappa shape index (κ1) is 23.2. The fourth-order valence-electron chi connectivity index (χ4n) is 2.17. The van der Waals surface area contributed by atoms with Crippen LogP contribution < -0.4 is 0 Å². The summed E-state index contributed by atoms with van der Waals surface area (Å²) in [6.07, 6.45) is -11.7. The zero-order valence-electron chi connectivity index (χ0n) is 14.2. The highest BCUT2D eigenvalue weighted by Gasteiger charge is 2.63. The molecule has 2 amide bonds. The van der Waals surface area contributed by atoms with Gasteiger partial charge in [0.05, 0.1) is 0 Å². The molecule has 0 spiro atoms. The average molecular weight is 424 g/mol. The third-order valence-corrected chi connectivity index (χ3v) is 4.40. The fraction of sp³-hybridized carbons (Fsp3) is 0.769. The molecule has 2 atom stereocenters. The zero-order valence-corrected chi connectivity index (χ0v) is 15.0. The van der Waals surface area contributed by atoms with E-state index in [0.717, 1.165) is 0 Å². The van der Waals surface area contributed by atoms with Gasteiger partial charge in [-0.3, -0.25) is 14.5 Å². The quantitative estimate of drug-likeness (QED) is 0.377. The van der Waals surface area contributed by atoms with Crippen molar-refractivity contribution in [1.29, 1.82) is 0 Å². The first-order valence-electron chi connectivity index (χ1n) is 7.28. The summed E-state index contributed by atoms with van der Waals surface area (Å²) < 4.78 is 100. The minimum absolute atomic E-state index is 0.291. The first-order chi connectivity index (χ1) is 11.8. The molecule has 14 heteroatoms. The summed E-state index contributed by atoms with van der Waals surface area (Å²) in [5.41, 5.74) is -1.25. The van der Waals surface area contributed by atoms with Crippen LogP contribution in [0.15, 0.2) is 0 Å². The number of carbonyl (C=O) groups excluding carboxylic acids is 3. The van der Waals surface area contributed by atoms with Crippen molar-refractivity contribution in [2.24, 2.45) is 5.41 Å². The van der Waals surface area contributed by atoms with E-state index in [1.165, 1.54) is 20.8 Å². The van der Waals surface area contributed by atoms with Crippen LogP contribution in [-0.4, -0.2) is 59.2 Å². The number of likely N-dealkylation sites (tertiary alicyclic amines) is 1. The van der Waals surface area contributed by atoms with Gasteiger partial charge < -0.3 is 9.29 Å². The molecule has 27 heavy (non-hydrogen) atoms. The normalized spacial score (nSPS) is 20.6. The molecule has 0 aromatic carbocycles. The number of amides is 2. The predicted molar refractivity (Wildman–Crippen MR) is 74.9 cm³/mol. The van der Waals surface area contributed by atoms with Gasteiger partial charge in [0.2, 0.25) is 11.8 Å². The molecule has 0 saturated carbocycles. The molecular weight excluding hydrogens is 409 g/mol. The largest absolute Gasteiger partial charge is 0.743 e. The van der Waals surface area contributed by atoms with E-state index in [0.29, 0.717) is 4.90 Å². The molecule has 1 fully saturated rings. The van der Waals surface area contributed by atoms with Crippen LogP contribution in [0.4, 0.5) is 22.0 Å². The number of carbonyl (C=O) groups is 3. The average Bonchev–Trinajstić information content (AvgIpc) is 2.81. The predicted octanol–water partition coefficient (Wildman–Crippen LogP) is 1.16. The fourth-order valence-corrected chi connectivity index (χ4v) is 2.62. The molecule has 0 aliphatic carbocycles. The van der Waals surface area contributed by atoms with Gasteiger partial charge in [-0.2, -0.15) is 22.0 Å². The van der Waals surface area contributed by atoms with Gasteiger partial charge >= 0.3 is 17.4 Å². The maximum absolute atomic E-state index is 13.4. The Balaban J connectivity index is 3.23. The lowest BCUT2D eigenvalue weighted by Crippen LogP contribution is -2.55. The van der Waals surface area contributed by atoms with Crippen molar-refractivity contribution in [3.63, 3.8) is 0 Å². The Morgan fingerprint density at radius 2 is 1.67 bits per heavy atom. The van der Waals surface area contributed by atoms with Crippen LogP contribution in [0.2, 0.25) is 0 Å². The van der Waals surface area contributed by atoms with E-state index in [1.54, 1.807) is 0 Å². The number of esters is 1. The van der Waals surface area contributed by atoms with Gasteiger partial charge in [0.15, 0.2) is 10.1 Å². The lowest BCUT2D eigenvalue weighted by atomic mass is 9.94. The van der Waals surface area contributed by atoms with Gasteiger partial charge in [0.25, 0.3) is 6.10 Å². The van der Waals surface area contributed by atoms with Gasteiger partial charge in [-0.25, -0.2) is 13.2 Å². The Labute approximate surface area is 150 Å². The number of hydrogen-bond donors (Lipinski definition) is 0. The summed E-state index contributed by atoms with van der Waals surface area (Å²) in [7, 11) is -6.85. The van der Waals surface area contributed by atoms with E-state index >= 15 is 0 Å². The van der Waals surface area contributed by atoms with Crippen molar-refractivity contribution in [1.82, 2.24) is 4.90 Å². The van der Waals surface area contributed by atoms with Crippen molar-refractivity contribution in [3.8, 4) is 0 Å². The number of imide groups is 1. The second-order valence-corrected chi connectivity index (χ2v) is 8.20. The lowest BCUT2D eigenvalue weighted by molar-refractivity contribution is -0.260. The number of alkyl halides is 5. The highest BCUT2D eigenvalue weighted by Crippen LogP contribution is 2.39. The van der Waals surface area contributed by atoms with E-state index in [1.807, 2.05) is 0 Å². The molecule has 0 radical (unpaired) electrons.